The smallest absolute Gasteiger partial charge is 0.329 e. The number of nitrogens with zero attached hydrogens (tertiary/aromatic N) is 4. The maximum absolute atomic E-state index is 14.8. The number of amides is 2. The summed E-state index contributed by atoms with van der Waals surface area (Å²) < 4.78 is 26.4. The first-order valence-electron chi connectivity index (χ1n) is 16.0. The molecule has 248 valence electrons. The number of carbonyl (C=O) groups is 3. The number of nitrogens with one attached hydrogen (secondary N) is 1. The van der Waals surface area contributed by atoms with Gasteiger partial charge in [-0.25, -0.2) is 14.2 Å². The lowest BCUT2D eigenvalue weighted by Crippen LogP contribution is -2.49. The zero-order valence-electron chi connectivity index (χ0n) is 26.9. The molecule has 2 bridgehead atoms. The Morgan fingerprint density at radius 1 is 1.16 bits per heavy atom. The third kappa shape index (κ3) is 10.1. The molecule has 0 aliphatic carbocycles. The number of esters is 1. The van der Waals surface area contributed by atoms with Crippen molar-refractivity contribution in [2.45, 2.75) is 70.9 Å². The summed E-state index contributed by atoms with van der Waals surface area (Å²) in [6.45, 7) is 10.9. The maximum atomic E-state index is 14.8. The number of hydrogen-bond donors (Lipinski definition) is 2. The molecular weight excluding hydrogens is 581 g/mol. The molecule has 2 N–H and O–H groups in total. The number of fused-ring (bicyclic) bond motifs is 3. The van der Waals surface area contributed by atoms with E-state index in [9.17, 15) is 23.9 Å². The molecule has 6 atom stereocenters. The van der Waals surface area contributed by atoms with E-state index >= 15 is 0 Å². The highest BCUT2D eigenvalue weighted by Gasteiger charge is 2.39. The monoisotopic (exact) mass is 629 g/mol. The largest absolute Gasteiger partial charge is 0.460 e. The number of carbonyl (C=O) groups excluding carboxylic acids is 3. The number of oxazole rings is 1. The Labute approximate surface area is 265 Å². The zero-order chi connectivity index (χ0) is 32.5. The third-order valence-electron chi connectivity index (χ3n) is 8.70. The summed E-state index contributed by atoms with van der Waals surface area (Å²) in [5.41, 5.74) is 0.716. The Morgan fingerprint density at radius 2 is 1.91 bits per heavy atom. The van der Waals surface area contributed by atoms with E-state index in [1.807, 2.05) is 6.92 Å². The fraction of sp³-hybridized carbons (Fsp3) is 0.636. The molecule has 0 radical (unpaired) electrons. The van der Waals surface area contributed by atoms with E-state index in [4.69, 9.17) is 9.15 Å². The molecule has 4 rings (SSSR count). The van der Waals surface area contributed by atoms with Crippen LogP contribution in [-0.2, 0) is 20.7 Å². The first-order chi connectivity index (χ1) is 21.5. The van der Waals surface area contributed by atoms with Gasteiger partial charge < -0.3 is 34.3 Å². The number of likely N-dealkylation sites (N-methyl/N-ethyl adjacent to an activating group) is 1. The summed E-state index contributed by atoms with van der Waals surface area (Å²) in [7, 11) is 2.10. The molecule has 3 aliphatic heterocycles. The van der Waals surface area contributed by atoms with E-state index in [1.165, 1.54) is 17.2 Å². The van der Waals surface area contributed by atoms with Crippen molar-refractivity contribution >= 4 is 17.8 Å². The Morgan fingerprint density at radius 3 is 2.67 bits per heavy atom. The van der Waals surface area contributed by atoms with Gasteiger partial charge in [0, 0.05) is 64.1 Å². The standard InChI is InChI=1S/C33H48FN5O6/c1-22-7-5-11-35-29(41)10-9-23(2)31(24(3)20-38-15-13-37(4)14-16-38)45-33(43)28-8-6-12-39(28)32(42)27-21-44-30(36-27)19-25(34)18-26(40)17-22/h5,7,9-10,17,21,23-26,28,31,40H,6,8,11-16,18-20H2,1-4H3,(H,35,41)/b7-5+,10-9+,22-17+. The highest BCUT2D eigenvalue weighted by atomic mass is 19.1. The number of ether oxygens (including phenoxy) is 1. The van der Waals surface area contributed by atoms with Crippen LogP contribution in [0.3, 0.4) is 0 Å². The molecule has 45 heavy (non-hydrogen) atoms. The fourth-order valence-corrected chi connectivity index (χ4v) is 6.17. The summed E-state index contributed by atoms with van der Waals surface area (Å²) in [6, 6.07) is -0.789. The predicted molar refractivity (Wildman–Crippen MR) is 167 cm³/mol. The van der Waals surface area contributed by atoms with Crippen LogP contribution in [0.25, 0.3) is 0 Å². The topological polar surface area (TPSA) is 128 Å². The minimum Gasteiger partial charge on any atom is -0.460 e. The summed E-state index contributed by atoms with van der Waals surface area (Å²) in [5.74, 6) is -1.53. The van der Waals surface area contributed by atoms with Gasteiger partial charge in [-0.2, -0.15) is 0 Å². The molecular formula is C33H48FN5O6. The van der Waals surface area contributed by atoms with Crippen molar-refractivity contribution in [2.75, 3.05) is 52.9 Å². The van der Waals surface area contributed by atoms with E-state index < -0.39 is 36.3 Å². The number of cyclic esters (lactones) is 1. The van der Waals surface area contributed by atoms with Crippen LogP contribution < -0.4 is 5.32 Å². The number of aliphatic hydroxyl groups excluding tert-OH is 1. The molecule has 0 aromatic carbocycles. The number of allylic oxidation sites excluding steroid dienone is 2. The van der Waals surface area contributed by atoms with Crippen molar-refractivity contribution in [1.29, 1.82) is 0 Å². The van der Waals surface area contributed by atoms with Crippen molar-refractivity contribution < 1.29 is 33.0 Å². The van der Waals surface area contributed by atoms with Crippen molar-refractivity contribution in [1.82, 2.24) is 25.0 Å². The van der Waals surface area contributed by atoms with E-state index in [0.29, 0.717) is 19.4 Å². The Balaban J connectivity index is 1.56. The van der Waals surface area contributed by atoms with Crippen LogP contribution >= 0.6 is 0 Å². The number of hydrogen-bond acceptors (Lipinski definition) is 9. The van der Waals surface area contributed by atoms with Crippen LogP contribution in [0.4, 0.5) is 4.39 Å². The van der Waals surface area contributed by atoms with Crippen LogP contribution in [0, 0.1) is 11.8 Å². The lowest BCUT2D eigenvalue weighted by Gasteiger charge is -2.37. The second-order valence-electron chi connectivity index (χ2n) is 12.6. The van der Waals surface area contributed by atoms with Gasteiger partial charge in [0.1, 0.15) is 24.6 Å². The van der Waals surface area contributed by atoms with Crippen molar-refractivity contribution in [3.63, 3.8) is 0 Å². The van der Waals surface area contributed by atoms with Gasteiger partial charge in [0.05, 0.1) is 12.5 Å². The van der Waals surface area contributed by atoms with Crippen LogP contribution in [0.1, 0.15) is 56.4 Å². The van der Waals surface area contributed by atoms with Gasteiger partial charge in [0.25, 0.3) is 5.91 Å². The molecule has 2 amide bonds. The number of piperazine rings is 1. The van der Waals surface area contributed by atoms with E-state index in [2.05, 4.69) is 34.1 Å². The summed E-state index contributed by atoms with van der Waals surface area (Å²) >= 11 is 0. The van der Waals surface area contributed by atoms with E-state index in [-0.39, 0.29) is 48.7 Å². The SMILES string of the molecule is CC1=C\C(O)CC(F)Cc2nc(co2)C(=O)N2CCCC2C(=O)OC(C(C)CN2CCN(C)CC2)C(C)/C=C/C(=O)NC\C=C\1. The number of aliphatic hydroxyl groups is 1. The van der Waals surface area contributed by atoms with Gasteiger partial charge in [-0.1, -0.05) is 43.7 Å². The summed E-state index contributed by atoms with van der Waals surface area (Å²) in [4.78, 5) is 50.0. The van der Waals surface area contributed by atoms with Crippen molar-refractivity contribution in [3.05, 3.63) is 53.8 Å². The molecule has 0 spiro atoms. The van der Waals surface area contributed by atoms with Gasteiger partial charge >= 0.3 is 5.97 Å². The molecule has 1 aromatic heterocycles. The predicted octanol–water partition coefficient (Wildman–Crippen LogP) is 2.53. The molecule has 2 saturated heterocycles. The van der Waals surface area contributed by atoms with Gasteiger partial charge in [-0.05, 0) is 32.9 Å². The molecule has 11 nitrogen and oxygen atoms in total. The second kappa shape index (κ2) is 16.3. The maximum Gasteiger partial charge on any atom is 0.329 e. The second-order valence-corrected chi connectivity index (χ2v) is 12.6. The first-order valence-corrected chi connectivity index (χ1v) is 16.0. The van der Waals surface area contributed by atoms with Gasteiger partial charge in [0.2, 0.25) is 5.91 Å². The number of rotatable bonds is 3. The van der Waals surface area contributed by atoms with Crippen LogP contribution in [-0.4, -0.2) is 120 Å². The number of halogens is 1. The Hall–Kier alpha value is -3.35. The minimum atomic E-state index is -1.46. The first kappa shape index (κ1) is 34.5. The third-order valence-corrected chi connectivity index (χ3v) is 8.70. The minimum absolute atomic E-state index is 0.000911. The highest BCUT2D eigenvalue weighted by Crippen LogP contribution is 2.26. The van der Waals surface area contributed by atoms with Crippen molar-refractivity contribution in [2.24, 2.45) is 11.8 Å². The van der Waals surface area contributed by atoms with Gasteiger partial charge in [-0.15, -0.1) is 0 Å². The molecule has 1 aromatic rings. The van der Waals surface area contributed by atoms with Crippen LogP contribution in [0.2, 0.25) is 0 Å². The Bertz CT molecular complexity index is 1260. The van der Waals surface area contributed by atoms with Crippen LogP contribution in [0.5, 0.6) is 0 Å². The quantitative estimate of drug-likeness (QED) is 0.485. The lowest BCUT2D eigenvalue weighted by atomic mass is 9.91. The molecule has 12 heteroatoms. The molecule has 4 heterocycles. The summed E-state index contributed by atoms with van der Waals surface area (Å²) in [6.07, 6.45) is 7.11. The molecule has 0 saturated carbocycles. The van der Waals surface area contributed by atoms with Gasteiger partial charge in [-0.3, -0.25) is 9.59 Å². The average Bonchev–Trinajstić information content (AvgIpc) is 3.67. The molecule has 2 fully saturated rings. The molecule has 6 unspecified atom stereocenters. The van der Waals surface area contributed by atoms with Gasteiger partial charge in [0.15, 0.2) is 11.6 Å². The zero-order valence-corrected chi connectivity index (χ0v) is 26.9. The summed E-state index contributed by atoms with van der Waals surface area (Å²) in [5, 5.41) is 13.1. The number of aromatic nitrogens is 1. The van der Waals surface area contributed by atoms with E-state index in [0.717, 1.165) is 38.3 Å². The lowest BCUT2D eigenvalue weighted by molar-refractivity contribution is -0.158. The average molecular weight is 630 g/mol. The highest BCUT2D eigenvalue weighted by molar-refractivity contribution is 5.95. The fourth-order valence-electron chi connectivity index (χ4n) is 6.17. The normalized spacial score (nSPS) is 32.1. The molecule has 3 aliphatic rings. The number of alkyl halides is 1. The van der Waals surface area contributed by atoms with E-state index in [1.54, 1.807) is 31.2 Å². The van der Waals surface area contributed by atoms with Crippen molar-refractivity contribution in [3.8, 4) is 0 Å². The van der Waals surface area contributed by atoms with Crippen LogP contribution in [0.15, 0.2) is 46.6 Å². The Kier molecular flexibility index (Phi) is 12.5.